The number of carboxylic acids is 4. The Morgan fingerprint density at radius 3 is 1.92 bits per heavy atom. The molecule has 7 atom stereocenters. The van der Waals surface area contributed by atoms with Gasteiger partial charge in [-0.2, -0.15) is 0 Å². The van der Waals surface area contributed by atoms with Gasteiger partial charge in [0.2, 0.25) is 0 Å². The first kappa shape index (κ1) is 19.2. The quantitative estimate of drug-likeness (QED) is 0.559. The summed E-state index contributed by atoms with van der Waals surface area (Å²) in [6, 6.07) is 0. The number of hydrogen-bond acceptors (Lipinski definition) is 4. The Bertz CT molecular complexity index is 610. The molecule has 8 heteroatoms. The highest BCUT2D eigenvalue weighted by Gasteiger charge is 2.73. The van der Waals surface area contributed by atoms with E-state index in [-0.39, 0.29) is 18.8 Å². The SMILES string of the molecule is CC(C)CC1(C(=O)O)C(C(=O)O)C2CC(C(=O)O)C(C(=O)O)C(C)C21. The molecular formula is C17H24O8. The van der Waals surface area contributed by atoms with E-state index in [1.54, 1.807) is 20.8 Å². The highest BCUT2D eigenvalue weighted by atomic mass is 16.4. The van der Waals surface area contributed by atoms with Crippen molar-refractivity contribution in [2.75, 3.05) is 0 Å². The van der Waals surface area contributed by atoms with Crippen molar-refractivity contribution in [1.82, 2.24) is 0 Å². The largest absolute Gasteiger partial charge is 0.481 e. The van der Waals surface area contributed by atoms with E-state index in [0.29, 0.717) is 0 Å². The molecular weight excluding hydrogens is 332 g/mol. The van der Waals surface area contributed by atoms with E-state index in [9.17, 15) is 39.6 Å². The third-order valence-corrected chi connectivity index (χ3v) is 6.14. The number of carbonyl (C=O) groups is 4. The van der Waals surface area contributed by atoms with Gasteiger partial charge in [-0.1, -0.05) is 20.8 Å². The van der Waals surface area contributed by atoms with Crippen molar-refractivity contribution in [2.45, 2.75) is 33.6 Å². The van der Waals surface area contributed by atoms with Gasteiger partial charge in [0.05, 0.1) is 23.2 Å². The lowest BCUT2D eigenvalue weighted by molar-refractivity contribution is -0.230. The van der Waals surface area contributed by atoms with Gasteiger partial charge < -0.3 is 20.4 Å². The number of hydrogen-bond donors (Lipinski definition) is 4. The van der Waals surface area contributed by atoms with E-state index < -0.39 is 64.8 Å². The van der Waals surface area contributed by atoms with Crippen LogP contribution in [0.4, 0.5) is 0 Å². The van der Waals surface area contributed by atoms with Gasteiger partial charge in [-0.15, -0.1) is 0 Å². The van der Waals surface area contributed by atoms with Gasteiger partial charge in [0, 0.05) is 0 Å². The molecule has 0 aromatic rings. The highest BCUT2D eigenvalue weighted by Crippen LogP contribution is 2.67. The van der Waals surface area contributed by atoms with Crippen molar-refractivity contribution in [2.24, 2.45) is 46.8 Å². The number of fused-ring (bicyclic) bond motifs is 1. The van der Waals surface area contributed by atoms with E-state index in [1.165, 1.54) is 0 Å². The molecule has 0 saturated heterocycles. The summed E-state index contributed by atoms with van der Waals surface area (Å²) >= 11 is 0. The first-order valence-electron chi connectivity index (χ1n) is 8.38. The summed E-state index contributed by atoms with van der Waals surface area (Å²) in [5.74, 6) is -10.8. The van der Waals surface area contributed by atoms with Gasteiger partial charge in [-0.25, -0.2) is 0 Å². The first-order chi connectivity index (χ1) is 11.5. The lowest BCUT2D eigenvalue weighted by atomic mass is 9.37. The predicted molar refractivity (Wildman–Crippen MR) is 83.7 cm³/mol. The smallest absolute Gasteiger partial charge is 0.310 e. The minimum absolute atomic E-state index is 0.0911. The van der Waals surface area contributed by atoms with Crippen molar-refractivity contribution in [3.8, 4) is 0 Å². The minimum Gasteiger partial charge on any atom is -0.481 e. The van der Waals surface area contributed by atoms with Crippen molar-refractivity contribution in [3.05, 3.63) is 0 Å². The second-order valence-corrected chi connectivity index (χ2v) is 7.85. The fourth-order valence-electron chi connectivity index (χ4n) is 5.59. The first-order valence-corrected chi connectivity index (χ1v) is 8.38. The van der Waals surface area contributed by atoms with Crippen molar-refractivity contribution in [1.29, 1.82) is 0 Å². The van der Waals surface area contributed by atoms with Crippen LogP contribution in [-0.2, 0) is 19.2 Å². The van der Waals surface area contributed by atoms with Gasteiger partial charge in [0.1, 0.15) is 0 Å². The molecule has 8 nitrogen and oxygen atoms in total. The van der Waals surface area contributed by atoms with Gasteiger partial charge in [0.25, 0.3) is 0 Å². The second kappa shape index (κ2) is 6.31. The molecule has 0 aliphatic heterocycles. The Kier molecular flexibility index (Phi) is 4.85. The summed E-state index contributed by atoms with van der Waals surface area (Å²) in [5.41, 5.74) is -1.55. The van der Waals surface area contributed by atoms with Gasteiger partial charge >= 0.3 is 23.9 Å². The number of aliphatic carboxylic acids is 4. The maximum atomic E-state index is 12.1. The van der Waals surface area contributed by atoms with Crippen LogP contribution in [0.25, 0.3) is 0 Å². The van der Waals surface area contributed by atoms with Crippen molar-refractivity contribution in [3.63, 3.8) is 0 Å². The van der Waals surface area contributed by atoms with Crippen LogP contribution in [0.5, 0.6) is 0 Å². The highest BCUT2D eigenvalue weighted by molar-refractivity contribution is 5.88. The van der Waals surface area contributed by atoms with Gasteiger partial charge in [0.15, 0.2) is 0 Å². The molecule has 0 radical (unpaired) electrons. The fraction of sp³-hybridized carbons (Fsp3) is 0.765. The predicted octanol–water partition coefficient (Wildman–Crippen LogP) is 1.49. The summed E-state index contributed by atoms with van der Waals surface area (Å²) in [5, 5.41) is 38.4. The zero-order valence-corrected chi connectivity index (χ0v) is 14.4. The van der Waals surface area contributed by atoms with E-state index in [0.717, 1.165) is 0 Å². The Morgan fingerprint density at radius 2 is 1.56 bits per heavy atom. The lowest BCUT2D eigenvalue weighted by Crippen LogP contribution is -2.69. The van der Waals surface area contributed by atoms with Gasteiger partial charge in [-0.05, 0) is 36.5 Å². The number of rotatable bonds is 6. The normalized spacial score (nSPS) is 40.0. The summed E-state index contributed by atoms with van der Waals surface area (Å²) in [7, 11) is 0. The molecule has 0 amide bonds. The molecule has 2 rings (SSSR count). The molecule has 140 valence electrons. The second-order valence-electron chi connectivity index (χ2n) is 7.85. The molecule has 0 heterocycles. The lowest BCUT2D eigenvalue weighted by Gasteiger charge is -2.63. The van der Waals surface area contributed by atoms with Crippen LogP contribution < -0.4 is 0 Å². The molecule has 4 N–H and O–H groups in total. The molecule has 2 aliphatic carbocycles. The molecule has 2 fully saturated rings. The van der Waals surface area contributed by atoms with Crippen LogP contribution in [0.1, 0.15) is 33.6 Å². The fourth-order valence-corrected chi connectivity index (χ4v) is 5.59. The monoisotopic (exact) mass is 356 g/mol. The summed E-state index contributed by atoms with van der Waals surface area (Å²) in [6.07, 6.45) is 0.000280. The van der Waals surface area contributed by atoms with Crippen LogP contribution in [0.15, 0.2) is 0 Å². The average molecular weight is 356 g/mol. The third-order valence-electron chi connectivity index (χ3n) is 6.14. The zero-order chi connectivity index (χ0) is 19.3. The van der Waals surface area contributed by atoms with Crippen LogP contribution >= 0.6 is 0 Å². The van der Waals surface area contributed by atoms with Crippen LogP contribution in [-0.4, -0.2) is 44.3 Å². The molecule has 2 saturated carbocycles. The standard InChI is InChI=1S/C17H24O8/c1-6(2)5-17(16(24)25)11-7(3)10(14(20)21)8(13(18)19)4-9(11)12(17)15(22)23/h6-12H,4-5H2,1-3H3,(H,18,19)(H,20,21)(H,22,23)(H,24,25). The van der Waals surface area contributed by atoms with E-state index in [1.807, 2.05) is 0 Å². The minimum atomic E-state index is -1.55. The Balaban J connectivity index is 2.55. The Morgan fingerprint density at radius 1 is 1.00 bits per heavy atom. The van der Waals surface area contributed by atoms with E-state index in [4.69, 9.17) is 0 Å². The molecule has 0 spiro atoms. The van der Waals surface area contributed by atoms with Gasteiger partial charge in [-0.3, -0.25) is 19.2 Å². The van der Waals surface area contributed by atoms with Crippen molar-refractivity contribution >= 4 is 23.9 Å². The van der Waals surface area contributed by atoms with E-state index >= 15 is 0 Å². The molecule has 0 aromatic heterocycles. The molecule has 2 aliphatic rings. The van der Waals surface area contributed by atoms with Crippen LogP contribution in [0.3, 0.4) is 0 Å². The average Bonchev–Trinajstić information content (AvgIpc) is 2.41. The molecule has 7 unspecified atom stereocenters. The maximum Gasteiger partial charge on any atom is 0.310 e. The zero-order valence-electron chi connectivity index (χ0n) is 14.4. The summed E-state index contributed by atoms with van der Waals surface area (Å²) in [6.45, 7) is 5.12. The third kappa shape index (κ3) is 2.67. The topological polar surface area (TPSA) is 149 Å². The van der Waals surface area contributed by atoms with Crippen LogP contribution in [0, 0.1) is 46.8 Å². The Hall–Kier alpha value is -2.12. The molecule has 0 bridgehead atoms. The molecule has 0 aromatic carbocycles. The summed E-state index contributed by atoms with van der Waals surface area (Å²) in [4.78, 5) is 47.1. The molecule has 25 heavy (non-hydrogen) atoms. The van der Waals surface area contributed by atoms with Crippen LogP contribution in [0.2, 0.25) is 0 Å². The van der Waals surface area contributed by atoms with E-state index in [2.05, 4.69) is 0 Å². The summed E-state index contributed by atoms with van der Waals surface area (Å²) < 4.78 is 0. The van der Waals surface area contributed by atoms with Crippen molar-refractivity contribution < 1.29 is 39.6 Å². The Labute approximate surface area is 144 Å². The maximum absolute atomic E-state index is 12.1. The number of carboxylic acid groups (broad SMARTS) is 4.